The Labute approximate surface area is 178 Å². The summed E-state index contributed by atoms with van der Waals surface area (Å²) in [6, 6.07) is 15.2. The van der Waals surface area contributed by atoms with Gasteiger partial charge in [0.05, 0.1) is 17.9 Å². The van der Waals surface area contributed by atoms with Gasteiger partial charge in [-0.15, -0.1) is 0 Å². The maximum absolute atomic E-state index is 13.4. The van der Waals surface area contributed by atoms with Crippen molar-refractivity contribution in [3.05, 3.63) is 64.1 Å². The van der Waals surface area contributed by atoms with Gasteiger partial charge in [0, 0.05) is 10.4 Å². The highest BCUT2D eigenvalue weighted by Crippen LogP contribution is 2.35. The molecular formula is C22H22BrN3O3. The number of halogens is 1. The van der Waals surface area contributed by atoms with Crippen LogP contribution in [0.1, 0.15) is 24.5 Å². The van der Waals surface area contributed by atoms with Crippen molar-refractivity contribution in [3.8, 4) is 0 Å². The zero-order valence-electron chi connectivity index (χ0n) is 16.3. The van der Waals surface area contributed by atoms with E-state index in [1.807, 2.05) is 56.3 Å². The lowest BCUT2D eigenvalue weighted by molar-refractivity contribution is -0.129. The number of cyclic esters (lactones) is 1. The molecule has 0 N–H and O–H groups in total. The van der Waals surface area contributed by atoms with Gasteiger partial charge in [0.2, 0.25) is 0 Å². The van der Waals surface area contributed by atoms with E-state index in [9.17, 15) is 9.59 Å². The zero-order valence-corrected chi connectivity index (χ0v) is 17.9. The minimum atomic E-state index is -0.595. The minimum Gasteiger partial charge on any atom is -0.447 e. The lowest BCUT2D eigenvalue weighted by atomic mass is 9.87. The molecule has 1 saturated heterocycles. The summed E-state index contributed by atoms with van der Waals surface area (Å²) in [6.45, 7) is 4.59. The molecule has 2 aromatic carbocycles. The first-order chi connectivity index (χ1) is 14.0. The van der Waals surface area contributed by atoms with E-state index in [0.717, 1.165) is 33.4 Å². The first-order valence-corrected chi connectivity index (χ1v) is 10.5. The van der Waals surface area contributed by atoms with E-state index in [2.05, 4.69) is 22.0 Å². The Balaban J connectivity index is 1.79. The highest BCUT2D eigenvalue weighted by atomic mass is 79.9. The van der Waals surface area contributed by atoms with Gasteiger partial charge in [0.25, 0.3) is 5.91 Å². The molecule has 0 bridgehead atoms. The van der Waals surface area contributed by atoms with Gasteiger partial charge in [-0.2, -0.15) is 5.10 Å². The average molecular weight is 456 g/mol. The molecule has 6 nitrogen and oxygen atoms in total. The lowest BCUT2D eigenvalue weighted by Gasteiger charge is -2.28. The molecule has 0 spiro atoms. The highest BCUT2D eigenvalue weighted by Gasteiger charge is 2.46. The number of carbonyl (C=O) groups excluding carboxylic acids is 2. The fourth-order valence-corrected chi connectivity index (χ4v) is 4.17. The van der Waals surface area contributed by atoms with Crippen molar-refractivity contribution in [1.82, 2.24) is 4.90 Å². The van der Waals surface area contributed by atoms with E-state index in [0.29, 0.717) is 0 Å². The molecule has 2 heterocycles. The first kappa shape index (κ1) is 19.6. The summed E-state index contributed by atoms with van der Waals surface area (Å²) < 4.78 is 5.95. The van der Waals surface area contributed by atoms with Crippen LogP contribution in [-0.4, -0.2) is 41.8 Å². The van der Waals surface area contributed by atoms with Crippen molar-refractivity contribution < 1.29 is 14.3 Å². The Hall–Kier alpha value is -2.67. The third-order valence-corrected chi connectivity index (χ3v) is 5.86. The molecule has 2 amide bonds. The second-order valence-corrected chi connectivity index (χ2v) is 8.16. The van der Waals surface area contributed by atoms with Crippen LogP contribution < -0.4 is 5.01 Å². The van der Waals surface area contributed by atoms with Crippen LogP contribution in [0.5, 0.6) is 0 Å². The van der Waals surface area contributed by atoms with E-state index < -0.39 is 12.1 Å². The first-order valence-electron chi connectivity index (χ1n) is 9.68. The van der Waals surface area contributed by atoms with Crippen LogP contribution in [-0.2, 0) is 9.53 Å². The maximum Gasteiger partial charge on any atom is 0.416 e. The molecule has 2 atom stereocenters. The van der Waals surface area contributed by atoms with Gasteiger partial charge in [-0.3, -0.25) is 9.80 Å². The van der Waals surface area contributed by atoms with Crippen molar-refractivity contribution in [2.75, 3.05) is 18.2 Å². The number of hydrazone groups is 1. The minimum absolute atomic E-state index is 0.138. The maximum atomic E-state index is 13.4. The van der Waals surface area contributed by atoms with Gasteiger partial charge in [0.15, 0.2) is 0 Å². The van der Waals surface area contributed by atoms with Crippen LogP contribution >= 0.6 is 15.9 Å². The number of amides is 2. The lowest BCUT2D eigenvalue weighted by Crippen LogP contribution is -2.49. The molecule has 0 saturated carbocycles. The monoisotopic (exact) mass is 455 g/mol. The average Bonchev–Trinajstić information content (AvgIpc) is 3.31. The van der Waals surface area contributed by atoms with Crippen LogP contribution in [0, 0.1) is 12.8 Å². The standard InChI is InChI=1S/C22H22BrN3O3/c1-3-18-19(15-6-4-5-14(2)13-15)24-26(17-9-7-16(23)8-10-17)20(18)21(27)25-11-12-29-22(25)28/h4-10,13,18,20H,3,11-12H2,1-2H3/t18-,20-/m1/s1. The summed E-state index contributed by atoms with van der Waals surface area (Å²) in [4.78, 5) is 26.7. The Morgan fingerprint density at radius 2 is 2.00 bits per heavy atom. The van der Waals surface area contributed by atoms with Crippen molar-refractivity contribution in [2.24, 2.45) is 11.0 Å². The molecule has 0 aliphatic carbocycles. The fourth-order valence-electron chi connectivity index (χ4n) is 3.91. The largest absolute Gasteiger partial charge is 0.447 e. The molecular weight excluding hydrogens is 434 g/mol. The van der Waals surface area contributed by atoms with Gasteiger partial charge in [-0.05, 0) is 43.2 Å². The SMILES string of the molecule is CC[C@@H]1C(c2cccc(C)c2)=NN(c2ccc(Br)cc2)[C@H]1C(=O)N1CCOC1=O. The van der Waals surface area contributed by atoms with Crippen LogP contribution in [0.25, 0.3) is 0 Å². The number of hydrogen-bond donors (Lipinski definition) is 0. The summed E-state index contributed by atoms with van der Waals surface area (Å²) >= 11 is 3.45. The third kappa shape index (κ3) is 3.67. The summed E-state index contributed by atoms with van der Waals surface area (Å²) in [5, 5.41) is 6.64. The number of rotatable bonds is 4. The normalized spacial score (nSPS) is 21.3. The summed E-state index contributed by atoms with van der Waals surface area (Å²) in [7, 11) is 0. The molecule has 2 aliphatic heterocycles. The van der Waals surface area contributed by atoms with Crippen molar-refractivity contribution in [1.29, 1.82) is 0 Å². The van der Waals surface area contributed by atoms with E-state index >= 15 is 0 Å². The molecule has 0 unspecified atom stereocenters. The second-order valence-electron chi connectivity index (χ2n) is 7.24. The van der Waals surface area contributed by atoms with Gasteiger partial charge >= 0.3 is 6.09 Å². The summed E-state index contributed by atoms with van der Waals surface area (Å²) in [6.07, 6.45) is 0.142. The van der Waals surface area contributed by atoms with Gasteiger partial charge in [0.1, 0.15) is 12.6 Å². The molecule has 7 heteroatoms. The molecule has 4 rings (SSSR count). The zero-order chi connectivity index (χ0) is 20.5. The number of carbonyl (C=O) groups is 2. The Morgan fingerprint density at radius 3 is 2.62 bits per heavy atom. The van der Waals surface area contributed by atoms with E-state index in [1.54, 1.807) is 5.01 Å². The molecule has 0 aromatic heterocycles. The van der Waals surface area contributed by atoms with E-state index in [-0.39, 0.29) is 25.0 Å². The van der Waals surface area contributed by atoms with Crippen LogP contribution in [0.2, 0.25) is 0 Å². The van der Waals surface area contributed by atoms with Gasteiger partial charge < -0.3 is 4.74 Å². The quantitative estimate of drug-likeness (QED) is 0.686. The van der Waals surface area contributed by atoms with Crippen molar-refractivity contribution >= 4 is 39.3 Å². The van der Waals surface area contributed by atoms with Crippen molar-refractivity contribution in [3.63, 3.8) is 0 Å². The molecule has 1 fully saturated rings. The fraction of sp³-hybridized carbons (Fsp3) is 0.318. The summed E-state index contributed by atoms with van der Waals surface area (Å²) in [5.41, 5.74) is 3.80. The number of nitrogens with zero attached hydrogens (tertiary/aromatic N) is 3. The van der Waals surface area contributed by atoms with Gasteiger partial charge in [-0.25, -0.2) is 9.69 Å². The summed E-state index contributed by atoms with van der Waals surface area (Å²) in [5.74, 6) is -0.407. The Morgan fingerprint density at radius 1 is 1.24 bits per heavy atom. The number of anilines is 1. The van der Waals surface area contributed by atoms with E-state index in [1.165, 1.54) is 4.90 Å². The second kappa shape index (κ2) is 7.99. The topological polar surface area (TPSA) is 62.2 Å². The van der Waals surface area contributed by atoms with Crippen molar-refractivity contribution in [2.45, 2.75) is 26.3 Å². The Kier molecular flexibility index (Phi) is 5.41. The third-order valence-electron chi connectivity index (χ3n) is 5.34. The molecule has 29 heavy (non-hydrogen) atoms. The van der Waals surface area contributed by atoms with Crippen LogP contribution in [0.3, 0.4) is 0 Å². The molecule has 2 aliphatic rings. The predicted molar refractivity (Wildman–Crippen MR) is 115 cm³/mol. The number of imide groups is 1. The highest BCUT2D eigenvalue weighted by molar-refractivity contribution is 9.10. The number of benzene rings is 2. The van der Waals surface area contributed by atoms with Crippen LogP contribution in [0.15, 0.2) is 58.1 Å². The number of aryl methyl sites for hydroxylation is 1. The number of ether oxygens (including phenoxy) is 1. The number of hydrogen-bond acceptors (Lipinski definition) is 5. The van der Waals surface area contributed by atoms with Gasteiger partial charge in [-0.1, -0.05) is 52.7 Å². The molecule has 0 radical (unpaired) electrons. The smallest absolute Gasteiger partial charge is 0.416 e. The van der Waals surface area contributed by atoms with E-state index in [4.69, 9.17) is 9.84 Å². The molecule has 150 valence electrons. The Bertz CT molecular complexity index is 974. The van der Waals surface area contributed by atoms with Crippen LogP contribution in [0.4, 0.5) is 10.5 Å². The molecule has 2 aromatic rings. The predicted octanol–water partition coefficient (Wildman–Crippen LogP) is 4.36.